The molecule has 0 aliphatic carbocycles. The second-order valence-electron chi connectivity index (χ2n) is 5.14. The van der Waals surface area contributed by atoms with E-state index in [-0.39, 0.29) is 4.87 Å². The molecule has 23 heavy (non-hydrogen) atoms. The quantitative estimate of drug-likeness (QED) is 0.574. The van der Waals surface area contributed by atoms with Crippen LogP contribution in [0, 0.1) is 6.92 Å². The zero-order valence-electron chi connectivity index (χ0n) is 12.3. The first-order valence-corrected chi connectivity index (χ1v) is 8.00. The van der Waals surface area contributed by atoms with Crippen LogP contribution in [0.3, 0.4) is 0 Å². The van der Waals surface area contributed by atoms with Crippen molar-refractivity contribution in [3.63, 3.8) is 0 Å². The van der Waals surface area contributed by atoms with Crippen LogP contribution in [-0.4, -0.2) is 24.1 Å². The maximum atomic E-state index is 11.7. The van der Waals surface area contributed by atoms with Crippen molar-refractivity contribution in [3.8, 4) is 11.4 Å². The summed E-state index contributed by atoms with van der Waals surface area (Å²) in [6.45, 7) is 2.44. The highest BCUT2D eigenvalue weighted by atomic mass is 32.1. The van der Waals surface area contributed by atoms with Gasteiger partial charge in [-0.25, -0.2) is 4.98 Å². The van der Waals surface area contributed by atoms with E-state index >= 15 is 0 Å². The third-order valence-corrected chi connectivity index (χ3v) is 4.53. The van der Waals surface area contributed by atoms with Gasteiger partial charge in [0.25, 0.3) is 0 Å². The molecule has 0 amide bonds. The summed E-state index contributed by atoms with van der Waals surface area (Å²) < 4.78 is 8.93. The fraction of sp³-hybridized carbons (Fsp3) is 0.200. The van der Waals surface area contributed by atoms with Crippen LogP contribution >= 0.6 is 11.3 Å². The van der Waals surface area contributed by atoms with Crippen molar-refractivity contribution < 1.29 is 4.52 Å². The lowest BCUT2D eigenvalue weighted by molar-refractivity contribution is 0.371. The molecule has 0 atom stereocenters. The SMILES string of the molecule is Cc1csc(=O)n1CCc1nc(-c2cccn3ccnc23)no1. The van der Waals surface area contributed by atoms with Crippen LogP contribution in [0.5, 0.6) is 0 Å². The van der Waals surface area contributed by atoms with Crippen molar-refractivity contribution in [2.45, 2.75) is 19.9 Å². The van der Waals surface area contributed by atoms with Crippen molar-refractivity contribution >= 4 is 17.0 Å². The minimum absolute atomic E-state index is 0.0318. The first-order valence-electron chi connectivity index (χ1n) is 7.12. The van der Waals surface area contributed by atoms with Gasteiger partial charge < -0.3 is 13.5 Å². The van der Waals surface area contributed by atoms with Gasteiger partial charge in [0, 0.05) is 42.6 Å². The van der Waals surface area contributed by atoms with Crippen molar-refractivity contribution in [1.82, 2.24) is 24.1 Å². The highest BCUT2D eigenvalue weighted by Crippen LogP contribution is 2.20. The Labute approximate surface area is 134 Å². The van der Waals surface area contributed by atoms with E-state index in [1.54, 1.807) is 10.8 Å². The molecule has 0 aliphatic rings. The first kappa shape index (κ1) is 13.9. The Morgan fingerprint density at radius 2 is 2.26 bits per heavy atom. The maximum Gasteiger partial charge on any atom is 0.307 e. The van der Waals surface area contributed by atoms with Gasteiger partial charge in [0.2, 0.25) is 11.7 Å². The van der Waals surface area contributed by atoms with Gasteiger partial charge in [-0.2, -0.15) is 4.98 Å². The lowest BCUT2D eigenvalue weighted by Crippen LogP contribution is -2.16. The number of aromatic nitrogens is 5. The molecule has 0 unspecified atom stereocenters. The molecule has 8 heteroatoms. The van der Waals surface area contributed by atoms with E-state index < -0.39 is 0 Å². The molecule has 0 saturated carbocycles. The van der Waals surface area contributed by atoms with Gasteiger partial charge >= 0.3 is 4.87 Å². The Balaban J connectivity index is 1.60. The van der Waals surface area contributed by atoms with Gasteiger partial charge in [-0.05, 0) is 19.1 Å². The summed E-state index contributed by atoms with van der Waals surface area (Å²) in [6.07, 6.45) is 6.03. The van der Waals surface area contributed by atoms with Gasteiger partial charge in [-0.15, -0.1) is 0 Å². The van der Waals surface area contributed by atoms with Crippen LogP contribution in [0.1, 0.15) is 11.6 Å². The number of nitrogens with zero attached hydrogens (tertiary/aromatic N) is 5. The monoisotopic (exact) mass is 327 g/mol. The number of pyridine rings is 1. The number of fused-ring (bicyclic) bond motifs is 1. The normalized spacial score (nSPS) is 11.3. The number of thiazole rings is 1. The number of hydrogen-bond donors (Lipinski definition) is 0. The van der Waals surface area contributed by atoms with Gasteiger partial charge in [-0.1, -0.05) is 16.5 Å². The van der Waals surface area contributed by atoms with E-state index in [9.17, 15) is 4.79 Å². The zero-order chi connectivity index (χ0) is 15.8. The predicted molar refractivity (Wildman–Crippen MR) is 85.5 cm³/mol. The topological polar surface area (TPSA) is 78.2 Å². The summed E-state index contributed by atoms with van der Waals surface area (Å²) >= 11 is 1.20. The van der Waals surface area contributed by atoms with Crippen LogP contribution < -0.4 is 4.87 Å². The van der Waals surface area contributed by atoms with Crippen molar-refractivity contribution in [2.75, 3.05) is 0 Å². The Morgan fingerprint density at radius 1 is 1.35 bits per heavy atom. The van der Waals surface area contributed by atoms with E-state index in [0.29, 0.717) is 24.7 Å². The van der Waals surface area contributed by atoms with Crippen molar-refractivity contribution in [2.24, 2.45) is 0 Å². The highest BCUT2D eigenvalue weighted by molar-refractivity contribution is 7.07. The molecule has 116 valence electrons. The summed E-state index contributed by atoms with van der Waals surface area (Å²) in [4.78, 5) is 20.5. The molecular weight excluding hydrogens is 314 g/mol. The molecule has 0 saturated heterocycles. The number of rotatable bonds is 4. The van der Waals surface area contributed by atoms with E-state index in [2.05, 4.69) is 15.1 Å². The van der Waals surface area contributed by atoms with Crippen molar-refractivity contribution in [1.29, 1.82) is 0 Å². The zero-order valence-corrected chi connectivity index (χ0v) is 13.2. The molecule has 0 radical (unpaired) electrons. The number of aryl methyl sites for hydroxylation is 2. The Bertz CT molecular complexity index is 1030. The summed E-state index contributed by atoms with van der Waals surface area (Å²) in [5.41, 5.74) is 2.54. The molecule has 0 aromatic carbocycles. The first-order chi connectivity index (χ1) is 11.2. The molecule has 0 N–H and O–H groups in total. The molecular formula is C15H13N5O2S. The molecule has 4 aromatic rings. The third kappa shape index (κ3) is 2.46. The lowest BCUT2D eigenvalue weighted by Gasteiger charge is -2.00. The van der Waals surface area contributed by atoms with Crippen molar-refractivity contribution in [3.05, 3.63) is 57.4 Å². The summed E-state index contributed by atoms with van der Waals surface area (Å²) in [5, 5.41) is 5.88. The molecule has 0 bridgehead atoms. The van der Waals surface area contributed by atoms with Crippen LogP contribution in [0.25, 0.3) is 17.0 Å². The molecule has 0 aliphatic heterocycles. The van der Waals surface area contributed by atoms with Gasteiger partial charge in [-0.3, -0.25) is 4.79 Å². The van der Waals surface area contributed by atoms with Crippen LogP contribution in [0.2, 0.25) is 0 Å². The summed E-state index contributed by atoms with van der Waals surface area (Å²) in [6, 6.07) is 3.82. The molecule has 4 aromatic heterocycles. The maximum absolute atomic E-state index is 11.7. The van der Waals surface area contributed by atoms with E-state index in [1.165, 1.54) is 11.3 Å². The fourth-order valence-electron chi connectivity index (χ4n) is 2.47. The largest absolute Gasteiger partial charge is 0.339 e. The Morgan fingerprint density at radius 3 is 3.09 bits per heavy atom. The highest BCUT2D eigenvalue weighted by Gasteiger charge is 2.13. The van der Waals surface area contributed by atoms with Gasteiger partial charge in [0.05, 0.1) is 5.56 Å². The molecule has 0 spiro atoms. The average molecular weight is 327 g/mol. The van der Waals surface area contributed by atoms with Gasteiger partial charge in [0.15, 0.2) is 0 Å². The van der Waals surface area contributed by atoms with E-state index in [4.69, 9.17) is 4.52 Å². The second-order valence-corrected chi connectivity index (χ2v) is 5.96. The average Bonchev–Trinajstić information content (AvgIpc) is 3.26. The standard InChI is InChI=1S/C15H13N5O2S/c1-10-9-23-15(21)20(10)7-4-12-17-13(18-22-12)11-3-2-6-19-8-5-16-14(11)19/h2-3,5-6,8-9H,4,7H2,1H3. The smallest absolute Gasteiger partial charge is 0.307 e. The number of imidazole rings is 1. The fourth-order valence-corrected chi connectivity index (χ4v) is 3.23. The summed E-state index contributed by atoms with van der Waals surface area (Å²) in [7, 11) is 0. The molecule has 4 heterocycles. The number of hydrogen-bond acceptors (Lipinski definition) is 6. The Kier molecular flexibility index (Phi) is 3.30. The van der Waals surface area contributed by atoms with Crippen LogP contribution in [-0.2, 0) is 13.0 Å². The molecule has 0 fully saturated rings. The van der Waals surface area contributed by atoms with Gasteiger partial charge in [0.1, 0.15) is 5.65 Å². The van der Waals surface area contributed by atoms with Crippen LogP contribution in [0.15, 0.2) is 45.4 Å². The van der Waals surface area contributed by atoms with Crippen LogP contribution in [0.4, 0.5) is 0 Å². The van der Waals surface area contributed by atoms with E-state index in [1.807, 2.05) is 41.2 Å². The second kappa shape index (κ2) is 5.47. The van der Waals surface area contributed by atoms with E-state index in [0.717, 1.165) is 16.9 Å². The summed E-state index contributed by atoms with van der Waals surface area (Å²) in [5.74, 6) is 1.01. The third-order valence-electron chi connectivity index (χ3n) is 3.65. The predicted octanol–water partition coefficient (Wildman–Crippen LogP) is 2.16. The Hall–Kier alpha value is -2.74. The minimum Gasteiger partial charge on any atom is -0.339 e. The minimum atomic E-state index is 0.0318. The molecule has 7 nitrogen and oxygen atoms in total. The lowest BCUT2D eigenvalue weighted by atomic mass is 10.2. The molecule has 4 rings (SSSR count).